The maximum Gasteiger partial charge on any atom is 0.251 e. The van der Waals surface area contributed by atoms with Crippen LogP contribution >= 0.6 is 0 Å². The molecule has 3 rings (SSSR count). The van der Waals surface area contributed by atoms with Crippen molar-refractivity contribution in [1.29, 1.82) is 0 Å². The quantitative estimate of drug-likeness (QED) is 0.710. The van der Waals surface area contributed by atoms with Gasteiger partial charge in [-0.3, -0.25) is 14.6 Å². The molecule has 1 aromatic heterocycles. The summed E-state index contributed by atoms with van der Waals surface area (Å²) >= 11 is 0. The molecule has 0 saturated heterocycles. The summed E-state index contributed by atoms with van der Waals surface area (Å²) in [5, 5.41) is 6.40. The van der Waals surface area contributed by atoms with Crippen molar-refractivity contribution in [3.05, 3.63) is 77.5 Å². The number of hydrogen-bond donors (Lipinski definition) is 2. The fourth-order valence-corrected chi connectivity index (χ4v) is 2.75. The minimum atomic E-state index is -0.261. The van der Waals surface area contributed by atoms with Crippen molar-refractivity contribution in [2.24, 2.45) is 0 Å². The number of amides is 2. The molecule has 2 aromatic carbocycles. The summed E-state index contributed by atoms with van der Waals surface area (Å²) in [6.07, 6.45) is 4.96. The predicted molar refractivity (Wildman–Crippen MR) is 104 cm³/mol. The Labute approximate surface area is 151 Å². The highest BCUT2D eigenvalue weighted by molar-refractivity contribution is 6.05. The number of aromatic nitrogens is 1. The third-order valence-corrected chi connectivity index (χ3v) is 4.16. The van der Waals surface area contributed by atoms with Gasteiger partial charge in [0.25, 0.3) is 5.91 Å². The number of benzene rings is 2. The summed E-state index contributed by atoms with van der Waals surface area (Å²) in [4.78, 5) is 28.5. The molecular weight excluding hydrogens is 326 g/mol. The molecule has 0 aliphatic rings. The van der Waals surface area contributed by atoms with Crippen molar-refractivity contribution < 1.29 is 9.59 Å². The molecule has 5 heteroatoms. The highest BCUT2D eigenvalue weighted by atomic mass is 16.2. The van der Waals surface area contributed by atoms with Crippen LogP contribution in [0.15, 0.2) is 60.8 Å². The average Bonchev–Trinajstić information content (AvgIpc) is 2.67. The predicted octanol–water partition coefficient (Wildman–Crippen LogP) is 3.55. The molecule has 5 nitrogen and oxygen atoms in total. The van der Waals surface area contributed by atoms with Crippen LogP contribution < -0.4 is 10.6 Å². The Hall–Kier alpha value is -3.47. The fourth-order valence-electron chi connectivity index (χ4n) is 2.75. The Kier molecular flexibility index (Phi) is 5.08. The normalized spacial score (nSPS) is 10.8. The van der Waals surface area contributed by atoms with Crippen LogP contribution in [0.5, 0.6) is 0 Å². The van der Waals surface area contributed by atoms with E-state index in [-0.39, 0.29) is 11.8 Å². The largest absolute Gasteiger partial charge is 0.355 e. The maximum absolute atomic E-state index is 12.3. The van der Waals surface area contributed by atoms with Gasteiger partial charge in [-0.15, -0.1) is 0 Å². The zero-order valence-corrected chi connectivity index (χ0v) is 14.6. The van der Waals surface area contributed by atoms with Crippen molar-refractivity contribution in [2.75, 3.05) is 12.4 Å². The molecular formula is C21H19N3O2. The van der Waals surface area contributed by atoms with Crippen molar-refractivity contribution >= 4 is 34.5 Å². The molecule has 2 N–H and O–H groups in total. The third kappa shape index (κ3) is 3.62. The van der Waals surface area contributed by atoms with Gasteiger partial charge in [-0.1, -0.05) is 24.3 Å². The van der Waals surface area contributed by atoms with Gasteiger partial charge in [-0.25, -0.2) is 0 Å². The Morgan fingerprint density at radius 3 is 2.65 bits per heavy atom. The van der Waals surface area contributed by atoms with Crippen LogP contribution in [0, 0.1) is 6.92 Å². The summed E-state index contributed by atoms with van der Waals surface area (Å²) in [6, 6.07) is 14.9. The molecule has 0 atom stereocenters. The van der Waals surface area contributed by atoms with Crippen molar-refractivity contribution in [3.8, 4) is 0 Å². The van der Waals surface area contributed by atoms with Gasteiger partial charge in [0.05, 0.1) is 5.52 Å². The van der Waals surface area contributed by atoms with Crippen LogP contribution in [-0.2, 0) is 4.79 Å². The minimum Gasteiger partial charge on any atom is -0.355 e. The number of nitrogens with zero attached hydrogens (tertiary/aromatic N) is 1. The number of fused-ring (bicyclic) bond motifs is 1. The van der Waals surface area contributed by atoms with Crippen molar-refractivity contribution in [3.63, 3.8) is 0 Å². The second kappa shape index (κ2) is 7.61. The number of hydrogen-bond acceptors (Lipinski definition) is 3. The standard InChI is InChI=1S/C21H19N3O2/c1-14-16(21(26)22-2)7-5-9-18(14)24-20(25)11-10-15-12-13-23-19-8-4-3-6-17(15)19/h3-13H,1-2H3,(H,22,26)(H,24,25). The lowest BCUT2D eigenvalue weighted by atomic mass is 10.1. The van der Waals surface area contributed by atoms with Crippen LogP contribution in [0.1, 0.15) is 21.5 Å². The Morgan fingerprint density at radius 1 is 1.04 bits per heavy atom. The maximum atomic E-state index is 12.3. The molecule has 0 bridgehead atoms. The zero-order chi connectivity index (χ0) is 18.5. The van der Waals surface area contributed by atoms with E-state index in [0.29, 0.717) is 11.3 Å². The molecule has 0 fully saturated rings. The lowest BCUT2D eigenvalue weighted by molar-refractivity contribution is -0.111. The first kappa shape index (κ1) is 17.4. The first-order valence-corrected chi connectivity index (χ1v) is 8.24. The first-order chi connectivity index (χ1) is 12.6. The van der Waals surface area contributed by atoms with Gasteiger partial charge in [0, 0.05) is 36.0 Å². The topological polar surface area (TPSA) is 71.1 Å². The van der Waals surface area contributed by atoms with Gasteiger partial charge in [0.15, 0.2) is 0 Å². The fraction of sp³-hybridized carbons (Fsp3) is 0.0952. The van der Waals surface area contributed by atoms with Crippen LogP contribution in [0.2, 0.25) is 0 Å². The van der Waals surface area contributed by atoms with E-state index in [9.17, 15) is 9.59 Å². The van der Waals surface area contributed by atoms with Gasteiger partial charge < -0.3 is 10.6 Å². The van der Waals surface area contributed by atoms with Crippen LogP contribution in [-0.4, -0.2) is 23.8 Å². The summed E-state index contributed by atoms with van der Waals surface area (Å²) in [7, 11) is 1.58. The molecule has 0 saturated carbocycles. The van der Waals surface area contributed by atoms with E-state index >= 15 is 0 Å². The second-order valence-corrected chi connectivity index (χ2v) is 5.80. The number of carbonyl (C=O) groups is 2. The van der Waals surface area contributed by atoms with Gasteiger partial charge in [0.1, 0.15) is 0 Å². The van der Waals surface area contributed by atoms with Gasteiger partial charge >= 0.3 is 0 Å². The Morgan fingerprint density at radius 2 is 1.85 bits per heavy atom. The number of rotatable bonds is 4. The zero-order valence-electron chi connectivity index (χ0n) is 14.6. The average molecular weight is 345 g/mol. The Balaban J connectivity index is 1.81. The molecule has 26 heavy (non-hydrogen) atoms. The van der Waals surface area contributed by atoms with Crippen LogP contribution in [0.25, 0.3) is 17.0 Å². The van der Waals surface area contributed by atoms with E-state index in [0.717, 1.165) is 22.0 Å². The summed E-state index contributed by atoms with van der Waals surface area (Å²) < 4.78 is 0. The highest BCUT2D eigenvalue weighted by Crippen LogP contribution is 2.20. The van der Waals surface area contributed by atoms with Gasteiger partial charge in [-0.05, 0) is 48.4 Å². The molecule has 2 amide bonds. The lowest BCUT2D eigenvalue weighted by Gasteiger charge is -2.10. The van der Waals surface area contributed by atoms with E-state index in [1.807, 2.05) is 30.3 Å². The van der Waals surface area contributed by atoms with Crippen molar-refractivity contribution in [1.82, 2.24) is 10.3 Å². The molecule has 0 radical (unpaired) electrons. The first-order valence-electron chi connectivity index (χ1n) is 8.24. The molecule has 0 spiro atoms. The van der Waals surface area contributed by atoms with E-state index in [1.54, 1.807) is 44.4 Å². The molecule has 1 heterocycles. The number of anilines is 1. The number of nitrogens with one attached hydrogen (secondary N) is 2. The molecule has 0 aliphatic carbocycles. The minimum absolute atomic E-state index is 0.183. The Bertz CT molecular complexity index is 1000. The summed E-state index contributed by atoms with van der Waals surface area (Å²) in [6.45, 7) is 1.81. The highest BCUT2D eigenvalue weighted by Gasteiger charge is 2.11. The number of para-hydroxylation sites is 1. The van der Waals surface area contributed by atoms with E-state index in [2.05, 4.69) is 15.6 Å². The summed E-state index contributed by atoms with van der Waals surface area (Å²) in [5.41, 5.74) is 3.67. The second-order valence-electron chi connectivity index (χ2n) is 5.80. The van der Waals surface area contributed by atoms with Crippen molar-refractivity contribution in [2.45, 2.75) is 6.92 Å². The smallest absolute Gasteiger partial charge is 0.251 e. The number of pyridine rings is 1. The van der Waals surface area contributed by atoms with Crippen LogP contribution in [0.4, 0.5) is 5.69 Å². The molecule has 3 aromatic rings. The third-order valence-electron chi connectivity index (χ3n) is 4.16. The van der Waals surface area contributed by atoms with E-state index in [4.69, 9.17) is 0 Å². The molecule has 130 valence electrons. The SMILES string of the molecule is CNC(=O)c1cccc(NC(=O)C=Cc2ccnc3ccccc23)c1C. The lowest BCUT2D eigenvalue weighted by Crippen LogP contribution is -2.20. The molecule has 0 unspecified atom stereocenters. The van der Waals surface area contributed by atoms with E-state index in [1.165, 1.54) is 6.08 Å². The van der Waals surface area contributed by atoms with Crippen LogP contribution in [0.3, 0.4) is 0 Å². The number of carbonyl (C=O) groups excluding carboxylic acids is 2. The molecule has 0 aliphatic heterocycles. The monoisotopic (exact) mass is 345 g/mol. The van der Waals surface area contributed by atoms with Gasteiger partial charge in [-0.2, -0.15) is 0 Å². The van der Waals surface area contributed by atoms with E-state index < -0.39 is 0 Å². The summed E-state index contributed by atoms with van der Waals surface area (Å²) in [5.74, 6) is -0.444. The van der Waals surface area contributed by atoms with Gasteiger partial charge in [0.2, 0.25) is 5.91 Å².